The molecular formula is C26H17N3O4S. The molecule has 0 unspecified atom stereocenters. The maximum atomic E-state index is 13.4. The molecule has 1 saturated heterocycles. The van der Waals surface area contributed by atoms with E-state index in [0.29, 0.717) is 16.2 Å². The maximum Gasteiger partial charge on any atom is 0.335 e. The standard InChI is InChI=1S/C26H17N3O4S/c30-23(16-6-2-1-3-7-16)29-24(31)22(14-18-15-27-21-9-5-4-8-20(18)21)34-26(29)28-19-12-10-17(11-13-19)25(32)33/h1-15,27H,(H,32,33). The second-order valence-corrected chi connectivity index (χ2v) is 8.47. The van der Waals surface area contributed by atoms with E-state index in [1.165, 1.54) is 24.3 Å². The van der Waals surface area contributed by atoms with E-state index < -0.39 is 17.8 Å². The first-order valence-electron chi connectivity index (χ1n) is 10.3. The molecule has 1 aliphatic rings. The number of rotatable bonds is 4. The first-order valence-corrected chi connectivity index (χ1v) is 11.1. The Kier molecular flexibility index (Phi) is 5.57. The summed E-state index contributed by atoms with van der Waals surface area (Å²) in [5, 5.41) is 10.3. The molecule has 2 amide bonds. The van der Waals surface area contributed by atoms with Gasteiger partial charge in [0.05, 0.1) is 16.2 Å². The Morgan fingerprint density at radius 1 is 0.912 bits per heavy atom. The zero-order chi connectivity index (χ0) is 23.7. The number of carboxylic acid groups (broad SMARTS) is 1. The molecule has 166 valence electrons. The number of aromatic nitrogens is 1. The zero-order valence-electron chi connectivity index (χ0n) is 17.6. The number of benzene rings is 3. The normalized spacial score (nSPS) is 16.0. The van der Waals surface area contributed by atoms with Crippen LogP contribution in [0.5, 0.6) is 0 Å². The Morgan fingerprint density at radius 2 is 1.62 bits per heavy atom. The van der Waals surface area contributed by atoms with E-state index in [-0.39, 0.29) is 10.7 Å². The van der Waals surface area contributed by atoms with Crippen molar-refractivity contribution in [2.45, 2.75) is 0 Å². The molecule has 0 spiro atoms. The number of imide groups is 1. The van der Waals surface area contributed by atoms with E-state index in [2.05, 4.69) is 9.98 Å². The van der Waals surface area contributed by atoms with Gasteiger partial charge >= 0.3 is 5.97 Å². The Bertz CT molecular complexity index is 1490. The zero-order valence-corrected chi connectivity index (χ0v) is 18.5. The molecule has 0 saturated carbocycles. The van der Waals surface area contributed by atoms with Crippen molar-refractivity contribution in [3.8, 4) is 0 Å². The fourth-order valence-corrected chi connectivity index (χ4v) is 4.55. The van der Waals surface area contributed by atoms with E-state index in [0.717, 1.165) is 33.1 Å². The molecule has 3 aromatic carbocycles. The van der Waals surface area contributed by atoms with Crippen LogP contribution in [0.4, 0.5) is 5.69 Å². The van der Waals surface area contributed by atoms with Crippen LogP contribution in [0, 0.1) is 0 Å². The molecular weight excluding hydrogens is 450 g/mol. The molecule has 0 atom stereocenters. The third kappa shape index (κ3) is 4.02. The molecule has 34 heavy (non-hydrogen) atoms. The SMILES string of the molecule is O=C(O)c1ccc(N=C2SC(=Cc3c[nH]c4ccccc34)C(=O)N2C(=O)c2ccccc2)cc1. The lowest BCUT2D eigenvalue weighted by atomic mass is 10.1. The largest absolute Gasteiger partial charge is 0.478 e. The van der Waals surface area contributed by atoms with Crippen molar-refractivity contribution in [2.75, 3.05) is 0 Å². The monoisotopic (exact) mass is 467 g/mol. The van der Waals surface area contributed by atoms with Crippen molar-refractivity contribution in [2.24, 2.45) is 4.99 Å². The highest BCUT2D eigenvalue weighted by atomic mass is 32.2. The number of thioether (sulfide) groups is 1. The van der Waals surface area contributed by atoms with Crippen LogP contribution in [0.25, 0.3) is 17.0 Å². The average Bonchev–Trinajstić information content (AvgIpc) is 3.40. The minimum absolute atomic E-state index is 0.122. The predicted octanol–water partition coefficient (Wildman–Crippen LogP) is 5.31. The lowest BCUT2D eigenvalue weighted by Crippen LogP contribution is -2.35. The summed E-state index contributed by atoms with van der Waals surface area (Å²) in [6, 6.07) is 22.2. The molecule has 5 rings (SSSR count). The van der Waals surface area contributed by atoms with Crippen molar-refractivity contribution in [1.82, 2.24) is 9.88 Å². The Balaban J connectivity index is 1.57. The predicted molar refractivity (Wildman–Crippen MR) is 132 cm³/mol. The smallest absolute Gasteiger partial charge is 0.335 e. The van der Waals surface area contributed by atoms with Gasteiger partial charge < -0.3 is 10.1 Å². The maximum absolute atomic E-state index is 13.4. The number of aliphatic imine (C=N–C) groups is 1. The van der Waals surface area contributed by atoms with E-state index in [9.17, 15) is 14.4 Å². The number of nitrogens with one attached hydrogen (secondary N) is 1. The number of carbonyl (C=O) groups is 3. The highest BCUT2D eigenvalue weighted by molar-refractivity contribution is 8.18. The van der Waals surface area contributed by atoms with Gasteiger partial charge in [0.15, 0.2) is 5.17 Å². The molecule has 8 heteroatoms. The molecule has 2 heterocycles. The molecule has 2 N–H and O–H groups in total. The summed E-state index contributed by atoms with van der Waals surface area (Å²) < 4.78 is 0. The number of hydrogen-bond acceptors (Lipinski definition) is 5. The molecule has 4 aromatic rings. The summed E-state index contributed by atoms with van der Waals surface area (Å²) in [7, 11) is 0. The number of H-pyrrole nitrogens is 1. The van der Waals surface area contributed by atoms with Gasteiger partial charge in [-0.25, -0.2) is 14.7 Å². The molecule has 0 radical (unpaired) electrons. The molecule has 1 fully saturated rings. The first-order chi connectivity index (χ1) is 16.5. The number of hydrogen-bond donors (Lipinski definition) is 2. The van der Waals surface area contributed by atoms with Crippen LogP contribution in [-0.2, 0) is 4.79 Å². The van der Waals surface area contributed by atoms with Crippen LogP contribution < -0.4 is 0 Å². The molecule has 0 bridgehead atoms. The first kappa shape index (κ1) is 21.4. The summed E-state index contributed by atoms with van der Waals surface area (Å²) >= 11 is 1.10. The number of amidine groups is 1. The second kappa shape index (κ2) is 8.84. The highest BCUT2D eigenvalue weighted by Crippen LogP contribution is 2.36. The van der Waals surface area contributed by atoms with Gasteiger partial charge in [-0.05, 0) is 60.3 Å². The Labute approximate surface area is 198 Å². The van der Waals surface area contributed by atoms with E-state index in [4.69, 9.17) is 5.11 Å². The summed E-state index contributed by atoms with van der Waals surface area (Å²) in [5.74, 6) is -2.00. The third-order valence-corrected chi connectivity index (χ3v) is 6.25. The minimum atomic E-state index is -1.05. The summed E-state index contributed by atoms with van der Waals surface area (Å²) in [6.45, 7) is 0. The van der Waals surface area contributed by atoms with Crippen molar-refractivity contribution in [3.63, 3.8) is 0 Å². The van der Waals surface area contributed by atoms with Crippen LogP contribution in [0.1, 0.15) is 26.3 Å². The van der Waals surface area contributed by atoms with Crippen LogP contribution >= 0.6 is 11.8 Å². The number of aromatic carboxylic acids is 1. The number of aromatic amines is 1. The van der Waals surface area contributed by atoms with Crippen LogP contribution in [-0.4, -0.2) is 37.9 Å². The van der Waals surface area contributed by atoms with Gasteiger partial charge in [-0.15, -0.1) is 0 Å². The molecule has 0 aliphatic carbocycles. The number of para-hydroxylation sites is 1. The van der Waals surface area contributed by atoms with Crippen molar-refractivity contribution < 1.29 is 19.5 Å². The van der Waals surface area contributed by atoms with E-state index in [1.807, 2.05) is 30.5 Å². The molecule has 7 nitrogen and oxygen atoms in total. The Hall–Kier alpha value is -4.43. The molecule has 1 aromatic heterocycles. The van der Waals surface area contributed by atoms with Gasteiger partial charge in [0.2, 0.25) is 0 Å². The van der Waals surface area contributed by atoms with E-state index >= 15 is 0 Å². The summed E-state index contributed by atoms with van der Waals surface area (Å²) in [4.78, 5) is 46.9. The quantitative estimate of drug-likeness (QED) is 0.313. The van der Waals surface area contributed by atoms with E-state index in [1.54, 1.807) is 36.4 Å². The number of fused-ring (bicyclic) bond motifs is 1. The summed E-state index contributed by atoms with van der Waals surface area (Å²) in [5.41, 5.74) is 2.68. The van der Waals surface area contributed by atoms with Gasteiger partial charge in [-0.3, -0.25) is 9.59 Å². The van der Waals surface area contributed by atoms with Crippen LogP contribution in [0.2, 0.25) is 0 Å². The van der Waals surface area contributed by atoms with Gasteiger partial charge in [-0.1, -0.05) is 36.4 Å². The van der Waals surface area contributed by atoms with Gasteiger partial charge in [0, 0.05) is 28.2 Å². The Morgan fingerprint density at radius 3 is 2.35 bits per heavy atom. The lowest BCUT2D eigenvalue weighted by molar-refractivity contribution is -0.120. The van der Waals surface area contributed by atoms with Gasteiger partial charge in [-0.2, -0.15) is 0 Å². The van der Waals surface area contributed by atoms with Crippen molar-refractivity contribution in [1.29, 1.82) is 0 Å². The number of amides is 2. The lowest BCUT2D eigenvalue weighted by Gasteiger charge is -2.13. The van der Waals surface area contributed by atoms with Crippen LogP contribution in [0.15, 0.2) is 95.0 Å². The third-order valence-electron chi connectivity index (χ3n) is 5.28. The fraction of sp³-hybridized carbons (Fsp3) is 0. The second-order valence-electron chi connectivity index (χ2n) is 7.46. The fourth-order valence-electron chi connectivity index (χ4n) is 3.58. The minimum Gasteiger partial charge on any atom is -0.478 e. The average molecular weight is 468 g/mol. The number of nitrogens with zero attached hydrogens (tertiary/aromatic N) is 2. The van der Waals surface area contributed by atoms with Crippen molar-refractivity contribution in [3.05, 3.63) is 107 Å². The van der Waals surface area contributed by atoms with Crippen LogP contribution in [0.3, 0.4) is 0 Å². The molecule has 1 aliphatic heterocycles. The number of carbonyl (C=O) groups excluding carboxylic acids is 2. The van der Waals surface area contributed by atoms with Gasteiger partial charge in [0.25, 0.3) is 11.8 Å². The topological polar surface area (TPSA) is 103 Å². The van der Waals surface area contributed by atoms with Crippen molar-refractivity contribution >= 4 is 57.4 Å². The highest BCUT2D eigenvalue weighted by Gasteiger charge is 2.38. The number of carboxylic acids is 1. The summed E-state index contributed by atoms with van der Waals surface area (Å²) in [6.07, 6.45) is 3.56. The van der Waals surface area contributed by atoms with Gasteiger partial charge in [0.1, 0.15) is 0 Å².